The van der Waals surface area contributed by atoms with Gasteiger partial charge in [-0.25, -0.2) is 4.79 Å². The van der Waals surface area contributed by atoms with Crippen molar-refractivity contribution < 1.29 is 9.53 Å². The van der Waals surface area contributed by atoms with Crippen LogP contribution in [0.4, 0.5) is 4.79 Å². The molecule has 0 spiro atoms. The Morgan fingerprint density at radius 1 is 1.50 bits per heavy atom. The normalized spacial score (nSPS) is 8.67. The van der Waals surface area contributed by atoms with Gasteiger partial charge in [-0.3, -0.25) is 0 Å². The topological polar surface area (TPSA) is 38.3 Å². The van der Waals surface area contributed by atoms with Gasteiger partial charge in [0.05, 0.1) is 7.11 Å². The lowest BCUT2D eigenvalue weighted by Crippen LogP contribution is -2.21. The Kier molecular flexibility index (Phi) is 14.3. The van der Waals surface area contributed by atoms with Crippen molar-refractivity contribution in [3.8, 4) is 0 Å². The quantitative estimate of drug-likeness (QED) is 0.651. The minimum atomic E-state index is -0.373. The van der Waals surface area contributed by atoms with Gasteiger partial charge in [0.2, 0.25) is 0 Å². The van der Waals surface area contributed by atoms with Crippen molar-refractivity contribution in [2.75, 3.05) is 13.7 Å². The Hall–Kier alpha value is -0.990. The number of nitrogens with one attached hydrogen (secondary N) is 1. The van der Waals surface area contributed by atoms with Gasteiger partial charge < -0.3 is 10.1 Å². The molecule has 1 amide bonds. The van der Waals surface area contributed by atoms with Gasteiger partial charge in [0.1, 0.15) is 0 Å². The summed E-state index contributed by atoms with van der Waals surface area (Å²) in [6.45, 7) is 6.60. The molecule has 1 N–H and O–H groups in total. The molecule has 0 atom stereocenters. The summed E-state index contributed by atoms with van der Waals surface area (Å²) in [5.41, 5.74) is 0. The number of amides is 1. The van der Waals surface area contributed by atoms with Crippen molar-refractivity contribution in [1.82, 2.24) is 5.32 Å². The molecule has 0 saturated carbocycles. The third-order valence-corrected chi connectivity index (χ3v) is 0.978. The average molecular weight is 173 g/mol. The molecule has 3 nitrogen and oxygen atoms in total. The molecular formula is C9H19NO2. The number of rotatable bonds is 2. The lowest BCUT2D eigenvalue weighted by atomic mass is 10.4. The van der Waals surface area contributed by atoms with Gasteiger partial charge in [0, 0.05) is 6.54 Å². The fraction of sp³-hybridized carbons (Fsp3) is 0.667. The second-order valence-electron chi connectivity index (χ2n) is 2.00. The molecule has 0 aliphatic rings. The fourth-order valence-corrected chi connectivity index (χ4v) is 0.452. The monoisotopic (exact) mass is 173 g/mol. The Morgan fingerprint density at radius 2 is 2.08 bits per heavy atom. The Balaban J connectivity index is 0. The second-order valence-corrected chi connectivity index (χ2v) is 2.00. The van der Waals surface area contributed by atoms with E-state index in [9.17, 15) is 4.79 Å². The van der Waals surface area contributed by atoms with Crippen molar-refractivity contribution >= 4 is 6.09 Å². The van der Waals surface area contributed by atoms with Crippen molar-refractivity contribution in [3.63, 3.8) is 0 Å². The molecule has 0 unspecified atom stereocenters. The van der Waals surface area contributed by atoms with Gasteiger partial charge in [-0.2, -0.15) is 0 Å². The molecule has 0 aliphatic heterocycles. The third kappa shape index (κ3) is 16.0. The predicted octanol–water partition coefficient (Wildman–Crippen LogP) is 2.33. The molecule has 0 aliphatic carbocycles. The standard InChI is InChI=1S/C5H10.C4H9NO2/c1-3-5-4-2;1-3-5-4(6)7-2/h3,5H,4H2,1-2H3;3H2,1-2H3,(H,5,6). The van der Waals surface area contributed by atoms with Crippen LogP contribution in [0, 0.1) is 0 Å². The van der Waals surface area contributed by atoms with E-state index < -0.39 is 0 Å². The molecule has 0 aromatic heterocycles. The van der Waals surface area contributed by atoms with Crippen LogP contribution in [0.5, 0.6) is 0 Å². The summed E-state index contributed by atoms with van der Waals surface area (Å²) in [5.74, 6) is 0. The zero-order chi connectivity index (χ0) is 9.82. The summed E-state index contributed by atoms with van der Waals surface area (Å²) in [6, 6.07) is 0. The van der Waals surface area contributed by atoms with Crippen LogP contribution in [0.2, 0.25) is 0 Å². The summed E-state index contributed by atoms with van der Waals surface area (Å²) >= 11 is 0. The van der Waals surface area contributed by atoms with Crippen molar-refractivity contribution in [2.24, 2.45) is 0 Å². The van der Waals surface area contributed by atoms with Crippen LogP contribution in [0.25, 0.3) is 0 Å². The Morgan fingerprint density at radius 3 is 2.17 bits per heavy atom. The molecule has 0 aromatic rings. The molecule has 0 radical (unpaired) electrons. The first kappa shape index (κ1) is 13.6. The van der Waals surface area contributed by atoms with E-state index in [1.54, 1.807) is 0 Å². The highest BCUT2D eigenvalue weighted by Crippen LogP contribution is 1.73. The van der Waals surface area contributed by atoms with E-state index in [4.69, 9.17) is 0 Å². The highest BCUT2D eigenvalue weighted by Gasteiger charge is 1.89. The molecular weight excluding hydrogens is 154 g/mol. The Labute approximate surface area is 74.8 Å². The zero-order valence-electron chi connectivity index (χ0n) is 8.39. The van der Waals surface area contributed by atoms with E-state index in [0.717, 1.165) is 6.42 Å². The van der Waals surface area contributed by atoms with Gasteiger partial charge in [-0.15, -0.1) is 0 Å². The van der Waals surface area contributed by atoms with Crippen LogP contribution in [0.3, 0.4) is 0 Å². The van der Waals surface area contributed by atoms with E-state index in [1.165, 1.54) is 7.11 Å². The van der Waals surface area contributed by atoms with Crippen LogP contribution in [-0.2, 0) is 4.74 Å². The number of hydrogen-bond acceptors (Lipinski definition) is 2. The first-order valence-electron chi connectivity index (χ1n) is 4.15. The summed E-state index contributed by atoms with van der Waals surface area (Å²) < 4.78 is 4.24. The van der Waals surface area contributed by atoms with E-state index in [1.807, 2.05) is 13.8 Å². The SMILES string of the molecule is CC=CCC.CCNC(=O)OC. The number of carbonyl (C=O) groups excluding carboxylic acids is 1. The van der Waals surface area contributed by atoms with Crippen LogP contribution < -0.4 is 5.32 Å². The highest BCUT2D eigenvalue weighted by atomic mass is 16.5. The van der Waals surface area contributed by atoms with E-state index in [-0.39, 0.29) is 6.09 Å². The van der Waals surface area contributed by atoms with Crippen LogP contribution in [0.15, 0.2) is 12.2 Å². The number of methoxy groups -OCH3 is 1. The van der Waals surface area contributed by atoms with Crippen LogP contribution in [-0.4, -0.2) is 19.7 Å². The molecule has 0 saturated heterocycles. The van der Waals surface area contributed by atoms with Crippen LogP contribution in [0.1, 0.15) is 27.2 Å². The third-order valence-electron chi connectivity index (χ3n) is 0.978. The smallest absolute Gasteiger partial charge is 0.406 e. The summed E-state index contributed by atoms with van der Waals surface area (Å²) in [4.78, 5) is 10.1. The molecule has 0 aromatic carbocycles. The molecule has 0 rings (SSSR count). The fourth-order valence-electron chi connectivity index (χ4n) is 0.452. The van der Waals surface area contributed by atoms with Gasteiger partial charge in [0.15, 0.2) is 0 Å². The summed E-state index contributed by atoms with van der Waals surface area (Å²) in [6.07, 6.45) is 4.97. The second kappa shape index (κ2) is 12.7. The zero-order valence-corrected chi connectivity index (χ0v) is 8.39. The molecule has 72 valence electrons. The van der Waals surface area contributed by atoms with E-state index >= 15 is 0 Å². The largest absolute Gasteiger partial charge is 0.453 e. The first-order chi connectivity index (χ1) is 5.72. The van der Waals surface area contributed by atoms with Gasteiger partial charge in [-0.05, 0) is 20.3 Å². The van der Waals surface area contributed by atoms with Gasteiger partial charge in [0.25, 0.3) is 0 Å². The maximum atomic E-state index is 10.1. The van der Waals surface area contributed by atoms with Gasteiger partial charge in [-0.1, -0.05) is 19.1 Å². The minimum absolute atomic E-state index is 0.373. The predicted molar refractivity (Wildman–Crippen MR) is 51.2 cm³/mol. The molecule has 3 heteroatoms. The average Bonchev–Trinajstić information content (AvgIpc) is 2.07. The molecule has 0 bridgehead atoms. The maximum absolute atomic E-state index is 10.1. The Bertz CT molecular complexity index is 122. The molecule has 0 heterocycles. The van der Waals surface area contributed by atoms with Crippen molar-refractivity contribution in [2.45, 2.75) is 27.2 Å². The number of ether oxygens (including phenoxy) is 1. The molecule has 12 heavy (non-hydrogen) atoms. The number of alkyl carbamates (subject to hydrolysis) is 1. The van der Waals surface area contributed by atoms with Crippen LogP contribution >= 0.6 is 0 Å². The van der Waals surface area contributed by atoms with Crippen molar-refractivity contribution in [1.29, 1.82) is 0 Å². The highest BCUT2D eigenvalue weighted by molar-refractivity contribution is 5.66. The van der Waals surface area contributed by atoms with Crippen molar-refractivity contribution in [3.05, 3.63) is 12.2 Å². The number of hydrogen-bond donors (Lipinski definition) is 1. The first-order valence-corrected chi connectivity index (χ1v) is 4.15. The lowest BCUT2D eigenvalue weighted by Gasteiger charge is -1.95. The minimum Gasteiger partial charge on any atom is -0.453 e. The van der Waals surface area contributed by atoms with E-state index in [0.29, 0.717) is 6.54 Å². The van der Waals surface area contributed by atoms with Gasteiger partial charge >= 0.3 is 6.09 Å². The van der Waals surface area contributed by atoms with E-state index in [2.05, 4.69) is 29.1 Å². The molecule has 0 fully saturated rings. The number of allylic oxidation sites excluding steroid dienone is 2. The number of carbonyl (C=O) groups is 1. The summed E-state index contributed by atoms with van der Waals surface area (Å²) in [7, 11) is 1.34. The lowest BCUT2D eigenvalue weighted by molar-refractivity contribution is 0.171. The summed E-state index contributed by atoms with van der Waals surface area (Å²) in [5, 5.41) is 2.43. The maximum Gasteiger partial charge on any atom is 0.406 e.